The van der Waals surface area contributed by atoms with E-state index in [0.717, 1.165) is 22.5 Å². The second kappa shape index (κ2) is 6.05. The fourth-order valence-corrected chi connectivity index (χ4v) is 3.31. The molecule has 0 amide bonds. The van der Waals surface area contributed by atoms with E-state index in [4.69, 9.17) is 9.40 Å². The summed E-state index contributed by atoms with van der Waals surface area (Å²) in [6.45, 7) is 0. The molecule has 124 valence electrons. The summed E-state index contributed by atoms with van der Waals surface area (Å²) in [5.41, 5.74) is 6.57. The van der Waals surface area contributed by atoms with E-state index in [1.54, 1.807) is 6.26 Å². The molecule has 5 rings (SSSR count). The number of benzene rings is 3. The lowest BCUT2D eigenvalue weighted by Crippen LogP contribution is -1.88. The average molecular weight is 336 g/mol. The topological polar surface area (TPSA) is 30.4 Å². The van der Waals surface area contributed by atoms with Gasteiger partial charge in [-0.05, 0) is 11.1 Å². The van der Waals surface area contributed by atoms with Crippen molar-refractivity contribution in [2.45, 2.75) is 0 Å². The van der Waals surface area contributed by atoms with E-state index in [1.807, 2.05) is 34.9 Å². The maximum absolute atomic E-state index is 5.53. The first-order valence-corrected chi connectivity index (χ1v) is 8.57. The third kappa shape index (κ3) is 2.42. The normalized spacial score (nSPS) is 11.1. The van der Waals surface area contributed by atoms with E-state index in [-0.39, 0.29) is 0 Å². The van der Waals surface area contributed by atoms with Gasteiger partial charge in [-0.2, -0.15) is 4.98 Å². The monoisotopic (exact) mass is 336 g/mol. The van der Waals surface area contributed by atoms with Gasteiger partial charge in [0.15, 0.2) is 0 Å². The van der Waals surface area contributed by atoms with Crippen LogP contribution in [0.4, 0.5) is 0 Å². The van der Waals surface area contributed by atoms with E-state index in [2.05, 4.69) is 60.7 Å². The molecule has 0 bridgehead atoms. The second-order valence-electron chi connectivity index (χ2n) is 6.17. The molecule has 0 aliphatic heterocycles. The molecule has 26 heavy (non-hydrogen) atoms. The van der Waals surface area contributed by atoms with Crippen LogP contribution < -0.4 is 0 Å². The molecular weight excluding hydrogens is 320 g/mol. The van der Waals surface area contributed by atoms with Gasteiger partial charge in [0.1, 0.15) is 12.0 Å². The first-order valence-electron chi connectivity index (χ1n) is 8.57. The SMILES string of the molecule is c1ccc(-c2ccc(-c3c(-c4ccccc4)nc4occn34)cc2)cc1. The lowest BCUT2D eigenvalue weighted by molar-refractivity contribution is 0.596. The van der Waals surface area contributed by atoms with Gasteiger partial charge in [0.25, 0.3) is 0 Å². The van der Waals surface area contributed by atoms with Crippen LogP contribution in [0.1, 0.15) is 0 Å². The first kappa shape index (κ1) is 14.7. The summed E-state index contributed by atoms with van der Waals surface area (Å²) >= 11 is 0. The van der Waals surface area contributed by atoms with Crippen LogP contribution in [0.5, 0.6) is 0 Å². The molecule has 3 nitrogen and oxygen atoms in total. The highest BCUT2D eigenvalue weighted by molar-refractivity contribution is 5.82. The number of fused-ring (bicyclic) bond motifs is 1. The Bertz CT molecular complexity index is 1150. The van der Waals surface area contributed by atoms with E-state index in [1.165, 1.54) is 11.1 Å². The zero-order valence-electron chi connectivity index (χ0n) is 14.0. The van der Waals surface area contributed by atoms with Crippen molar-refractivity contribution in [3.63, 3.8) is 0 Å². The number of rotatable bonds is 3. The summed E-state index contributed by atoms with van der Waals surface area (Å²) in [5, 5.41) is 0. The van der Waals surface area contributed by atoms with Gasteiger partial charge in [-0.1, -0.05) is 84.9 Å². The summed E-state index contributed by atoms with van der Waals surface area (Å²) in [4.78, 5) is 4.70. The van der Waals surface area contributed by atoms with Crippen LogP contribution in [0.2, 0.25) is 0 Å². The van der Waals surface area contributed by atoms with E-state index in [9.17, 15) is 0 Å². The van der Waals surface area contributed by atoms with Crippen molar-refractivity contribution in [3.8, 4) is 33.6 Å². The molecule has 3 aromatic carbocycles. The van der Waals surface area contributed by atoms with Crippen molar-refractivity contribution >= 4 is 5.84 Å². The largest absolute Gasteiger partial charge is 0.432 e. The van der Waals surface area contributed by atoms with Crippen LogP contribution in [-0.4, -0.2) is 9.38 Å². The first-order chi connectivity index (χ1) is 12.9. The van der Waals surface area contributed by atoms with Gasteiger partial charge >= 0.3 is 5.84 Å². The molecule has 0 N–H and O–H groups in total. The van der Waals surface area contributed by atoms with Gasteiger partial charge in [-0.3, -0.25) is 4.40 Å². The van der Waals surface area contributed by atoms with Crippen molar-refractivity contribution in [1.82, 2.24) is 9.38 Å². The highest BCUT2D eigenvalue weighted by atomic mass is 16.3. The third-order valence-electron chi connectivity index (χ3n) is 4.57. The Kier molecular flexibility index (Phi) is 3.42. The van der Waals surface area contributed by atoms with Crippen molar-refractivity contribution < 1.29 is 4.42 Å². The minimum Gasteiger partial charge on any atom is -0.432 e. The lowest BCUT2D eigenvalue weighted by Gasteiger charge is -2.07. The molecule has 0 spiro atoms. The van der Waals surface area contributed by atoms with Gasteiger partial charge in [0.2, 0.25) is 0 Å². The van der Waals surface area contributed by atoms with Crippen LogP contribution in [-0.2, 0) is 0 Å². The van der Waals surface area contributed by atoms with Crippen LogP contribution in [0.15, 0.2) is 102 Å². The molecule has 0 saturated heterocycles. The summed E-state index contributed by atoms with van der Waals surface area (Å²) in [6.07, 6.45) is 3.58. The standard InChI is InChI=1S/C23H16N2O/c1-3-7-17(8-4-1)18-11-13-20(14-12-18)22-21(19-9-5-2-6-10-19)24-23-25(22)15-16-26-23/h1-16H. The Morgan fingerprint density at radius 3 is 1.88 bits per heavy atom. The van der Waals surface area contributed by atoms with Crippen LogP contribution in [0.3, 0.4) is 0 Å². The van der Waals surface area contributed by atoms with Crippen molar-refractivity contribution in [2.24, 2.45) is 0 Å². The van der Waals surface area contributed by atoms with Crippen LogP contribution >= 0.6 is 0 Å². The molecule has 2 aromatic heterocycles. The predicted octanol–water partition coefficient (Wildman–Crippen LogP) is 5.93. The number of nitrogens with zero attached hydrogens (tertiary/aromatic N) is 2. The smallest absolute Gasteiger partial charge is 0.306 e. The number of hydrogen-bond acceptors (Lipinski definition) is 2. The fraction of sp³-hybridized carbons (Fsp3) is 0. The Balaban J connectivity index is 1.66. The Labute approximate surface area is 151 Å². The maximum Gasteiger partial charge on any atom is 0.306 e. The van der Waals surface area contributed by atoms with Crippen LogP contribution in [0.25, 0.3) is 39.5 Å². The minimum atomic E-state index is 0.603. The molecule has 0 aliphatic carbocycles. The van der Waals surface area contributed by atoms with Crippen molar-refractivity contribution in [3.05, 3.63) is 97.4 Å². The number of aromatic nitrogens is 2. The highest BCUT2D eigenvalue weighted by Gasteiger charge is 2.17. The quantitative estimate of drug-likeness (QED) is 0.409. The van der Waals surface area contributed by atoms with Crippen LogP contribution in [0, 0.1) is 0 Å². The summed E-state index contributed by atoms with van der Waals surface area (Å²) in [6, 6.07) is 29.2. The van der Waals surface area contributed by atoms with Gasteiger partial charge in [-0.15, -0.1) is 0 Å². The molecule has 3 heteroatoms. The molecule has 5 aromatic rings. The highest BCUT2D eigenvalue weighted by Crippen LogP contribution is 2.34. The molecule has 0 atom stereocenters. The molecular formula is C23H16N2O. The molecule has 2 heterocycles. The molecule has 0 radical (unpaired) electrons. The molecule has 0 unspecified atom stereocenters. The van der Waals surface area contributed by atoms with Crippen molar-refractivity contribution in [2.75, 3.05) is 0 Å². The average Bonchev–Trinajstić information content (AvgIpc) is 3.31. The van der Waals surface area contributed by atoms with Gasteiger partial charge in [-0.25, -0.2) is 0 Å². The van der Waals surface area contributed by atoms with Gasteiger partial charge < -0.3 is 4.42 Å². The fourth-order valence-electron chi connectivity index (χ4n) is 3.31. The Hall–Kier alpha value is -3.59. The van der Waals surface area contributed by atoms with Gasteiger partial charge in [0, 0.05) is 17.3 Å². The number of hydrogen-bond donors (Lipinski definition) is 0. The third-order valence-corrected chi connectivity index (χ3v) is 4.57. The Morgan fingerprint density at radius 1 is 0.615 bits per heavy atom. The predicted molar refractivity (Wildman–Crippen MR) is 104 cm³/mol. The molecule has 0 saturated carbocycles. The zero-order chi connectivity index (χ0) is 17.3. The molecule has 0 aliphatic rings. The van der Waals surface area contributed by atoms with E-state index < -0.39 is 0 Å². The summed E-state index contributed by atoms with van der Waals surface area (Å²) in [5.74, 6) is 0.603. The summed E-state index contributed by atoms with van der Waals surface area (Å²) < 4.78 is 7.53. The van der Waals surface area contributed by atoms with E-state index >= 15 is 0 Å². The van der Waals surface area contributed by atoms with Gasteiger partial charge in [0.05, 0.1) is 5.69 Å². The summed E-state index contributed by atoms with van der Waals surface area (Å²) in [7, 11) is 0. The zero-order valence-corrected chi connectivity index (χ0v) is 14.0. The minimum absolute atomic E-state index is 0.603. The van der Waals surface area contributed by atoms with Crippen molar-refractivity contribution in [1.29, 1.82) is 0 Å². The Morgan fingerprint density at radius 2 is 1.19 bits per heavy atom. The number of oxazole rings is 1. The maximum atomic E-state index is 5.53. The second-order valence-corrected chi connectivity index (χ2v) is 6.17. The van der Waals surface area contributed by atoms with E-state index in [0.29, 0.717) is 5.84 Å². The molecule has 0 fully saturated rings. The number of imidazole rings is 1. The lowest BCUT2D eigenvalue weighted by atomic mass is 10.0.